The van der Waals surface area contributed by atoms with Gasteiger partial charge in [0.2, 0.25) is 0 Å². The standard InChI is InChI=1S/C9H20N2O2/c1-7(2)11-6-4-5-8(10-3)9(12)13/h7-8,10-11H,4-6H2,1-3H3,(H,12,13). The zero-order valence-corrected chi connectivity index (χ0v) is 8.63. The summed E-state index contributed by atoms with van der Waals surface area (Å²) in [5.41, 5.74) is 0. The molecule has 4 nitrogen and oxygen atoms in total. The Balaban J connectivity index is 3.44. The van der Waals surface area contributed by atoms with Crippen LogP contribution < -0.4 is 10.6 Å². The van der Waals surface area contributed by atoms with Crippen molar-refractivity contribution in [3.8, 4) is 0 Å². The summed E-state index contributed by atoms with van der Waals surface area (Å²) >= 11 is 0. The summed E-state index contributed by atoms with van der Waals surface area (Å²) in [5.74, 6) is -0.771. The Kier molecular flexibility index (Phi) is 6.54. The monoisotopic (exact) mass is 188 g/mol. The van der Waals surface area contributed by atoms with Gasteiger partial charge in [-0.25, -0.2) is 0 Å². The molecule has 13 heavy (non-hydrogen) atoms. The van der Waals surface area contributed by atoms with Crippen LogP contribution in [-0.4, -0.2) is 36.8 Å². The van der Waals surface area contributed by atoms with Gasteiger partial charge in [-0.15, -0.1) is 0 Å². The fourth-order valence-corrected chi connectivity index (χ4v) is 1.09. The summed E-state index contributed by atoms with van der Waals surface area (Å²) in [6, 6.07) is 0.0619. The molecule has 1 unspecified atom stereocenters. The van der Waals surface area contributed by atoms with E-state index in [1.807, 2.05) is 0 Å². The Morgan fingerprint density at radius 2 is 2.08 bits per heavy atom. The Morgan fingerprint density at radius 3 is 2.46 bits per heavy atom. The van der Waals surface area contributed by atoms with Crippen molar-refractivity contribution in [2.75, 3.05) is 13.6 Å². The van der Waals surface area contributed by atoms with E-state index in [2.05, 4.69) is 24.5 Å². The first kappa shape index (κ1) is 12.4. The van der Waals surface area contributed by atoms with E-state index in [0.717, 1.165) is 13.0 Å². The third-order valence-electron chi connectivity index (χ3n) is 1.87. The minimum atomic E-state index is -0.771. The van der Waals surface area contributed by atoms with Crippen molar-refractivity contribution in [2.24, 2.45) is 0 Å². The van der Waals surface area contributed by atoms with Crippen LogP contribution >= 0.6 is 0 Å². The molecule has 0 heterocycles. The van der Waals surface area contributed by atoms with E-state index in [0.29, 0.717) is 12.5 Å². The van der Waals surface area contributed by atoms with Gasteiger partial charge in [0.15, 0.2) is 0 Å². The number of aliphatic carboxylic acids is 1. The van der Waals surface area contributed by atoms with Crippen LogP contribution in [0.1, 0.15) is 26.7 Å². The molecule has 0 saturated carbocycles. The van der Waals surface area contributed by atoms with E-state index in [4.69, 9.17) is 5.11 Å². The van der Waals surface area contributed by atoms with E-state index in [9.17, 15) is 4.79 Å². The second-order valence-electron chi connectivity index (χ2n) is 3.43. The van der Waals surface area contributed by atoms with Gasteiger partial charge >= 0.3 is 5.97 Å². The lowest BCUT2D eigenvalue weighted by Crippen LogP contribution is -2.35. The van der Waals surface area contributed by atoms with Gasteiger partial charge in [-0.3, -0.25) is 4.79 Å². The molecule has 0 saturated heterocycles. The van der Waals surface area contributed by atoms with Crippen LogP contribution in [-0.2, 0) is 4.79 Å². The van der Waals surface area contributed by atoms with E-state index in [-0.39, 0.29) is 0 Å². The highest BCUT2D eigenvalue weighted by Crippen LogP contribution is 1.96. The van der Waals surface area contributed by atoms with Crippen LogP contribution in [0.3, 0.4) is 0 Å². The molecule has 0 aliphatic carbocycles. The largest absolute Gasteiger partial charge is 0.480 e. The average molecular weight is 188 g/mol. The Hall–Kier alpha value is -0.610. The van der Waals surface area contributed by atoms with Gasteiger partial charge in [0.25, 0.3) is 0 Å². The maximum absolute atomic E-state index is 10.6. The maximum atomic E-state index is 10.6. The smallest absolute Gasteiger partial charge is 0.320 e. The molecule has 0 rings (SSSR count). The van der Waals surface area contributed by atoms with Gasteiger partial charge in [0.05, 0.1) is 0 Å². The summed E-state index contributed by atoms with van der Waals surface area (Å²) in [7, 11) is 1.68. The highest BCUT2D eigenvalue weighted by Gasteiger charge is 2.13. The third kappa shape index (κ3) is 6.54. The lowest BCUT2D eigenvalue weighted by atomic mass is 10.1. The molecule has 0 radical (unpaired) electrons. The summed E-state index contributed by atoms with van der Waals surface area (Å²) in [6.45, 7) is 5.03. The Morgan fingerprint density at radius 1 is 1.46 bits per heavy atom. The van der Waals surface area contributed by atoms with Crippen molar-refractivity contribution in [1.29, 1.82) is 0 Å². The van der Waals surface area contributed by atoms with Crippen molar-refractivity contribution in [3.63, 3.8) is 0 Å². The van der Waals surface area contributed by atoms with Crippen molar-refractivity contribution >= 4 is 5.97 Å². The Bertz CT molecular complexity index is 149. The number of carboxylic acids is 1. The molecular formula is C9H20N2O2. The van der Waals surface area contributed by atoms with Crippen LogP contribution in [0.25, 0.3) is 0 Å². The van der Waals surface area contributed by atoms with Gasteiger partial charge in [0.1, 0.15) is 6.04 Å². The summed E-state index contributed by atoms with van der Waals surface area (Å²) in [5, 5.41) is 14.7. The molecule has 0 amide bonds. The van der Waals surface area contributed by atoms with Gasteiger partial charge in [-0.2, -0.15) is 0 Å². The molecule has 0 bridgehead atoms. The molecule has 1 atom stereocenters. The SMILES string of the molecule is CNC(CCCNC(C)C)C(=O)O. The molecule has 0 aromatic rings. The summed E-state index contributed by atoms with van der Waals surface area (Å²) in [4.78, 5) is 10.6. The summed E-state index contributed by atoms with van der Waals surface area (Å²) < 4.78 is 0. The zero-order chi connectivity index (χ0) is 10.3. The third-order valence-corrected chi connectivity index (χ3v) is 1.87. The molecule has 4 heteroatoms. The van der Waals surface area contributed by atoms with Crippen LogP contribution in [0.15, 0.2) is 0 Å². The number of carbonyl (C=O) groups is 1. The number of rotatable bonds is 7. The van der Waals surface area contributed by atoms with Gasteiger partial charge in [-0.05, 0) is 26.4 Å². The average Bonchev–Trinajstić information content (AvgIpc) is 2.03. The normalized spacial score (nSPS) is 13.2. The van der Waals surface area contributed by atoms with Crippen LogP contribution in [0.4, 0.5) is 0 Å². The molecule has 0 fully saturated rings. The molecule has 0 aromatic heterocycles. The molecular weight excluding hydrogens is 168 g/mol. The zero-order valence-electron chi connectivity index (χ0n) is 8.63. The fourth-order valence-electron chi connectivity index (χ4n) is 1.09. The lowest BCUT2D eigenvalue weighted by Gasteiger charge is -2.12. The minimum Gasteiger partial charge on any atom is -0.480 e. The molecule has 0 aliphatic rings. The van der Waals surface area contributed by atoms with Gasteiger partial charge in [-0.1, -0.05) is 13.8 Å². The van der Waals surface area contributed by atoms with Crippen molar-refractivity contribution in [1.82, 2.24) is 10.6 Å². The van der Waals surface area contributed by atoms with E-state index < -0.39 is 12.0 Å². The van der Waals surface area contributed by atoms with Crippen molar-refractivity contribution < 1.29 is 9.90 Å². The maximum Gasteiger partial charge on any atom is 0.320 e. The number of hydrogen-bond acceptors (Lipinski definition) is 3. The van der Waals surface area contributed by atoms with E-state index >= 15 is 0 Å². The first-order valence-electron chi connectivity index (χ1n) is 4.71. The van der Waals surface area contributed by atoms with Crippen LogP contribution in [0.2, 0.25) is 0 Å². The predicted octanol–water partition coefficient (Wildman–Crippen LogP) is 0.437. The van der Waals surface area contributed by atoms with E-state index in [1.165, 1.54) is 0 Å². The second kappa shape index (κ2) is 6.86. The van der Waals surface area contributed by atoms with Gasteiger partial charge < -0.3 is 15.7 Å². The van der Waals surface area contributed by atoms with Crippen LogP contribution in [0, 0.1) is 0 Å². The quantitative estimate of drug-likeness (QED) is 0.507. The topological polar surface area (TPSA) is 61.4 Å². The molecule has 0 aliphatic heterocycles. The second-order valence-corrected chi connectivity index (χ2v) is 3.43. The first-order chi connectivity index (χ1) is 6.07. The predicted molar refractivity (Wildman–Crippen MR) is 52.9 cm³/mol. The Labute approximate surface area is 79.7 Å². The highest BCUT2D eigenvalue weighted by atomic mass is 16.4. The minimum absolute atomic E-state index is 0.408. The first-order valence-corrected chi connectivity index (χ1v) is 4.71. The number of carboxylic acid groups (broad SMARTS) is 1. The summed E-state index contributed by atoms with van der Waals surface area (Å²) in [6.07, 6.45) is 1.56. The molecule has 0 spiro atoms. The van der Waals surface area contributed by atoms with E-state index in [1.54, 1.807) is 7.05 Å². The highest BCUT2D eigenvalue weighted by molar-refractivity contribution is 5.73. The van der Waals surface area contributed by atoms with Crippen LogP contribution in [0.5, 0.6) is 0 Å². The number of likely N-dealkylation sites (N-methyl/N-ethyl adjacent to an activating group) is 1. The van der Waals surface area contributed by atoms with Crippen molar-refractivity contribution in [3.05, 3.63) is 0 Å². The lowest BCUT2D eigenvalue weighted by molar-refractivity contribution is -0.139. The van der Waals surface area contributed by atoms with Crippen molar-refractivity contribution in [2.45, 2.75) is 38.8 Å². The number of hydrogen-bond donors (Lipinski definition) is 3. The van der Waals surface area contributed by atoms with Gasteiger partial charge in [0, 0.05) is 6.04 Å². The molecule has 3 N–H and O–H groups in total. The molecule has 78 valence electrons. The molecule has 0 aromatic carbocycles. The fraction of sp³-hybridized carbons (Fsp3) is 0.889. The number of nitrogens with one attached hydrogen (secondary N) is 2.